The van der Waals surface area contributed by atoms with Crippen LogP contribution in [0.4, 0.5) is 4.39 Å². The molecule has 0 aliphatic rings. The molecule has 0 bridgehead atoms. The highest BCUT2D eigenvalue weighted by Gasteiger charge is 2.17. The van der Waals surface area contributed by atoms with Crippen LogP contribution in [0.15, 0.2) is 39.4 Å². The van der Waals surface area contributed by atoms with E-state index in [4.69, 9.17) is 36.8 Å². The topological polar surface area (TPSA) is 78.4 Å². The number of carbonyl (C=O) groups excluding carboxylic acids is 1. The number of hydrogen-bond acceptors (Lipinski definition) is 6. The van der Waals surface area contributed by atoms with E-state index < -0.39 is 11.8 Å². The minimum atomic E-state index is -0.844. The van der Waals surface area contributed by atoms with Crippen molar-refractivity contribution in [3.05, 3.63) is 57.8 Å². The van der Waals surface area contributed by atoms with Gasteiger partial charge in [-0.2, -0.15) is 0 Å². The Kier molecular flexibility index (Phi) is 4.31. The van der Waals surface area contributed by atoms with Crippen LogP contribution in [0.5, 0.6) is 0 Å². The first-order valence-corrected chi connectivity index (χ1v) is 6.98. The highest BCUT2D eigenvalue weighted by atomic mass is 35.5. The summed E-state index contributed by atoms with van der Waals surface area (Å²) in [5.41, 5.74) is -0.153. The Balaban J connectivity index is 1.69. The van der Waals surface area contributed by atoms with Crippen LogP contribution in [0.3, 0.4) is 0 Å². The zero-order chi connectivity index (χ0) is 16.4. The molecule has 2 aromatic heterocycles. The number of rotatable bonds is 4. The number of furan rings is 1. The molecule has 2 heterocycles. The molecular formula is C14H7Cl2FN2O4. The first-order chi connectivity index (χ1) is 11.0. The van der Waals surface area contributed by atoms with Crippen LogP contribution >= 0.6 is 23.2 Å². The monoisotopic (exact) mass is 356 g/mol. The zero-order valence-corrected chi connectivity index (χ0v) is 12.8. The zero-order valence-electron chi connectivity index (χ0n) is 11.3. The van der Waals surface area contributed by atoms with Crippen LogP contribution in [0.1, 0.15) is 16.2 Å². The smallest absolute Gasteiger partial charge is 0.340 e. The molecule has 0 aliphatic carbocycles. The lowest BCUT2D eigenvalue weighted by Gasteiger charge is -2.05. The molecule has 0 aliphatic heterocycles. The molecule has 0 atom stereocenters. The first kappa shape index (κ1) is 15.5. The maximum Gasteiger partial charge on any atom is 0.340 e. The quantitative estimate of drug-likeness (QED) is 0.516. The Morgan fingerprint density at radius 3 is 2.83 bits per heavy atom. The number of carbonyl (C=O) groups is 1. The predicted octanol–water partition coefficient (Wildman–Crippen LogP) is 4.13. The molecule has 0 N–H and O–H groups in total. The van der Waals surface area contributed by atoms with Crippen molar-refractivity contribution in [1.29, 1.82) is 0 Å². The largest absolute Gasteiger partial charge is 0.459 e. The van der Waals surface area contributed by atoms with Gasteiger partial charge >= 0.3 is 5.97 Å². The third-order valence-electron chi connectivity index (χ3n) is 2.76. The van der Waals surface area contributed by atoms with Gasteiger partial charge in [0.2, 0.25) is 0 Å². The summed E-state index contributed by atoms with van der Waals surface area (Å²) in [7, 11) is 0. The number of benzene rings is 1. The van der Waals surface area contributed by atoms with Crippen molar-refractivity contribution in [1.82, 2.24) is 10.2 Å². The van der Waals surface area contributed by atoms with E-state index in [1.807, 2.05) is 0 Å². The number of esters is 1. The molecule has 0 amide bonds. The molecular weight excluding hydrogens is 350 g/mol. The third-order valence-corrected chi connectivity index (χ3v) is 3.36. The summed E-state index contributed by atoms with van der Waals surface area (Å²) in [5.74, 6) is -1.03. The van der Waals surface area contributed by atoms with Crippen molar-refractivity contribution in [2.75, 3.05) is 0 Å². The second-order valence-corrected chi connectivity index (χ2v) is 5.11. The molecule has 3 aromatic rings. The van der Waals surface area contributed by atoms with Gasteiger partial charge in [0, 0.05) is 0 Å². The van der Waals surface area contributed by atoms with Crippen molar-refractivity contribution < 1.29 is 22.8 Å². The molecule has 6 nitrogen and oxygen atoms in total. The average molecular weight is 357 g/mol. The van der Waals surface area contributed by atoms with E-state index in [-0.39, 0.29) is 34.0 Å². The van der Waals surface area contributed by atoms with E-state index in [1.165, 1.54) is 6.26 Å². The molecule has 3 rings (SSSR count). The van der Waals surface area contributed by atoms with Crippen LogP contribution in [0.2, 0.25) is 10.0 Å². The molecule has 23 heavy (non-hydrogen) atoms. The first-order valence-electron chi connectivity index (χ1n) is 6.22. The Morgan fingerprint density at radius 2 is 2.09 bits per heavy atom. The average Bonchev–Trinajstić information content (AvgIpc) is 3.19. The Bertz CT molecular complexity index is 849. The van der Waals surface area contributed by atoms with Crippen molar-refractivity contribution >= 4 is 29.2 Å². The van der Waals surface area contributed by atoms with Gasteiger partial charge in [-0.3, -0.25) is 0 Å². The van der Waals surface area contributed by atoms with Gasteiger partial charge < -0.3 is 13.6 Å². The molecule has 0 radical (unpaired) electrons. The van der Waals surface area contributed by atoms with E-state index in [9.17, 15) is 9.18 Å². The summed E-state index contributed by atoms with van der Waals surface area (Å²) in [6, 6.07) is 5.32. The molecule has 118 valence electrons. The molecule has 0 fully saturated rings. The van der Waals surface area contributed by atoms with E-state index >= 15 is 0 Å². The lowest BCUT2D eigenvalue weighted by atomic mass is 10.2. The van der Waals surface area contributed by atoms with Gasteiger partial charge in [-0.15, -0.1) is 10.2 Å². The molecule has 1 aromatic carbocycles. The number of aromatic nitrogens is 2. The van der Waals surface area contributed by atoms with Crippen molar-refractivity contribution in [3.63, 3.8) is 0 Å². The molecule has 9 heteroatoms. The van der Waals surface area contributed by atoms with Crippen LogP contribution < -0.4 is 0 Å². The molecule has 0 unspecified atom stereocenters. The number of nitrogens with zero attached hydrogens (tertiary/aromatic N) is 2. The van der Waals surface area contributed by atoms with Crippen LogP contribution in [-0.4, -0.2) is 16.2 Å². The number of hydrogen-bond donors (Lipinski definition) is 0. The second-order valence-electron chi connectivity index (χ2n) is 4.30. The van der Waals surface area contributed by atoms with Gasteiger partial charge in [-0.25, -0.2) is 9.18 Å². The summed E-state index contributed by atoms with van der Waals surface area (Å²) < 4.78 is 28.7. The van der Waals surface area contributed by atoms with Crippen LogP contribution in [0.25, 0.3) is 11.7 Å². The molecule has 0 saturated heterocycles. The van der Waals surface area contributed by atoms with Gasteiger partial charge in [-0.05, 0) is 24.3 Å². The van der Waals surface area contributed by atoms with E-state index in [2.05, 4.69) is 10.2 Å². The maximum atomic E-state index is 13.4. The summed E-state index contributed by atoms with van der Waals surface area (Å²) in [4.78, 5) is 11.9. The highest BCUT2D eigenvalue weighted by molar-refractivity contribution is 6.36. The number of ether oxygens (including phenoxy) is 1. The van der Waals surface area contributed by atoms with Crippen molar-refractivity contribution in [3.8, 4) is 11.7 Å². The van der Waals surface area contributed by atoms with Gasteiger partial charge in [0.15, 0.2) is 12.4 Å². The minimum Gasteiger partial charge on any atom is -0.459 e. The molecule has 0 saturated carbocycles. The molecule has 0 spiro atoms. The van der Waals surface area contributed by atoms with Crippen LogP contribution in [0, 0.1) is 5.82 Å². The Hall–Kier alpha value is -2.38. The minimum absolute atomic E-state index is 0.0248. The Morgan fingerprint density at radius 1 is 1.26 bits per heavy atom. The third kappa shape index (κ3) is 3.35. The van der Waals surface area contributed by atoms with E-state index in [0.717, 1.165) is 12.1 Å². The summed E-state index contributed by atoms with van der Waals surface area (Å²) in [6.45, 7) is -0.298. The highest BCUT2D eigenvalue weighted by Crippen LogP contribution is 2.25. The summed E-state index contributed by atoms with van der Waals surface area (Å²) in [5, 5.41) is 7.24. The maximum absolute atomic E-state index is 13.4. The predicted molar refractivity (Wildman–Crippen MR) is 77.5 cm³/mol. The van der Waals surface area contributed by atoms with E-state index in [0.29, 0.717) is 5.76 Å². The van der Waals surface area contributed by atoms with E-state index in [1.54, 1.807) is 12.1 Å². The summed E-state index contributed by atoms with van der Waals surface area (Å²) in [6.07, 6.45) is 1.45. The van der Waals surface area contributed by atoms with Gasteiger partial charge in [0.05, 0.1) is 21.9 Å². The van der Waals surface area contributed by atoms with Crippen LogP contribution in [-0.2, 0) is 11.3 Å². The Labute approximate surface area is 138 Å². The normalized spacial score (nSPS) is 10.7. The van der Waals surface area contributed by atoms with Gasteiger partial charge in [0.25, 0.3) is 11.8 Å². The fourth-order valence-corrected chi connectivity index (χ4v) is 2.16. The van der Waals surface area contributed by atoms with Crippen molar-refractivity contribution in [2.24, 2.45) is 0 Å². The van der Waals surface area contributed by atoms with Gasteiger partial charge in [-0.1, -0.05) is 23.2 Å². The van der Waals surface area contributed by atoms with Crippen molar-refractivity contribution in [2.45, 2.75) is 6.61 Å². The van der Waals surface area contributed by atoms with Gasteiger partial charge in [0.1, 0.15) is 5.82 Å². The lowest BCUT2D eigenvalue weighted by molar-refractivity contribution is 0.0438. The fourth-order valence-electron chi connectivity index (χ4n) is 1.70. The fraction of sp³-hybridized carbons (Fsp3) is 0.0714. The standard InChI is InChI=1S/C14H7Cl2FN2O4/c15-8-5-9(16)10(17)4-7(8)14(20)22-6-12-18-19-13(23-12)11-2-1-3-21-11/h1-5H,6H2. The lowest BCUT2D eigenvalue weighted by Crippen LogP contribution is -2.07. The second kappa shape index (κ2) is 6.39. The SMILES string of the molecule is O=C(OCc1nnc(-c2ccco2)o1)c1cc(F)c(Cl)cc1Cl. The summed E-state index contributed by atoms with van der Waals surface area (Å²) >= 11 is 11.4. The number of halogens is 3.